The number of rotatable bonds is 7. The number of nitrogens with one attached hydrogen (secondary N) is 1. The molecule has 3 aromatic carbocycles. The van der Waals surface area contributed by atoms with Gasteiger partial charge in [-0.25, -0.2) is 14.5 Å². The standard InChI is InChI=1S/C25H24N4O8/c1-25(2,3)37-23(30)26-16-17-4-6-18(7-5-17)27(19-8-10-20(11-9-19)28(32)33)24(31)36-22-14-12-21(13-15-22)29(34)35/h4-15H,16H2,1-3H3,(H,26,30). The van der Waals surface area contributed by atoms with E-state index in [0.717, 1.165) is 5.56 Å². The van der Waals surface area contributed by atoms with Crippen molar-refractivity contribution >= 4 is 34.9 Å². The van der Waals surface area contributed by atoms with Crippen LogP contribution in [-0.4, -0.2) is 27.6 Å². The number of nitrogens with zero attached hydrogens (tertiary/aromatic N) is 3. The third kappa shape index (κ3) is 7.49. The Kier molecular flexibility index (Phi) is 8.02. The SMILES string of the molecule is CC(C)(C)OC(=O)NCc1ccc(N(C(=O)Oc2ccc([N+](=O)[O-])cc2)c2ccc([N+](=O)[O-])cc2)cc1. The molecule has 0 unspecified atom stereocenters. The Hall–Kier alpha value is -5.00. The molecule has 192 valence electrons. The number of ether oxygens (including phenoxy) is 2. The molecule has 37 heavy (non-hydrogen) atoms. The van der Waals surface area contributed by atoms with E-state index in [1.165, 1.54) is 53.4 Å². The van der Waals surface area contributed by atoms with Crippen LogP contribution in [0.5, 0.6) is 5.75 Å². The maximum Gasteiger partial charge on any atom is 0.424 e. The van der Waals surface area contributed by atoms with Crippen LogP contribution >= 0.6 is 0 Å². The number of alkyl carbamates (subject to hydrolysis) is 1. The molecule has 0 aliphatic carbocycles. The van der Waals surface area contributed by atoms with Crippen LogP contribution in [0.2, 0.25) is 0 Å². The minimum atomic E-state index is -0.845. The van der Waals surface area contributed by atoms with Gasteiger partial charge in [0.15, 0.2) is 0 Å². The minimum Gasteiger partial charge on any atom is -0.444 e. The number of amides is 2. The molecule has 0 bridgehead atoms. The molecule has 0 atom stereocenters. The van der Waals surface area contributed by atoms with Crippen LogP contribution in [0.3, 0.4) is 0 Å². The number of benzene rings is 3. The largest absolute Gasteiger partial charge is 0.444 e. The number of carbonyl (C=O) groups is 2. The molecule has 0 saturated heterocycles. The Labute approximate surface area is 211 Å². The summed E-state index contributed by atoms with van der Waals surface area (Å²) in [6.07, 6.45) is -1.42. The van der Waals surface area contributed by atoms with Crippen LogP contribution in [0.1, 0.15) is 26.3 Å². The highest BCUT2D eigenvalue weighted by molar-refractivity contribution is 5.97. The van der Waals surface area contributed by atoms with Gasteiger partial charge < -0.3 is 14.8 Å². The zero-order chi connectivity index (χ0) is 27.2. The monoisotopic (exact) mass is 508 g/mol. The summed E-state index contributed by atoms with van der Waals surface area (Å²) in [5, 5.41) is 24.6. The predicted octanol–water partition coefficient (Wildman–Crippen LogP) is 5.86. The lowest BCUT2D eigenvalue weighted by molar-refractivity contribution is -0.385. The fraction of sp³-hybridized carbons (Fsp3) is 0.200. The van der Waals surface area contributed by atoms with Crippen molar-refractivity contribution in [2.24, 2.45) is 0 Å². The number of anilines is 2. The summed E-state index contributed by atoms with van der Waals surface area (Å²) >= 11 is 0. The first kappa shape index (κ1) is 26.6. The molecule has 0 aromatic heterocycles. The second-order valence-electron chi connectivity index (χ2n) is 8.75. The average Bonchev–Trinajstić information content (AvgIpc) is 2.83. The smallest absolute Gasteiger partial charge is 0.424 e. The summed E-state index contributed by atoms with van der Waals surface area (Å²) in [6, 6.07) is 16.9. The van der Waals surface area contributed by atoms with E-state index in [0.29, 0.717) is 5.69 Å². The van der Waals surface area contributed by atoms with Gasteiger partial charge in [0.1, 0.15) is 11.4 Å². The Balaban J connectivity index is 1.83. The van der Waals surface area contributed by atoms with Crippen molar-refractivity contribution in [3.63, 3.8) is 0 Å². The Morgan fingerprint density at radius 3 is 1.73 bits per heavy atom. The van der Waals surface area contributed by atoms with Gasteiger partial charge in [-0.1, -0.05) is 12.1 Å². The summed E-state index contributed by atoms with van der Waals surface area (Å²) in [7, 11) is 0. The van der Waals surface area contributed by atoms with Gasteiger partial charge in [-0.15, -0.1) is 0 Å². The molecule has 12 nitrogen and oxygen atoms in total. The van der Waals surface area contributed by atoms with E-state index in [1.54, 1.807) is 45.0 Å². The fourth-order valence-electron chi connectivity index (χ4n) is 3.12. The van der Waals surface area contributed by atoms with Crippen LogP contribution in [0.15, 0.2) is 72.8 Å². The molecule has 1 N–H and O–H groups in total. The lowest BCUT2D eigenvalue weighted by atomic mass is 10.1. The number of nitro benzene ring substituents is 2. The molecule has 0 radical (unpaired) electrons. The van der Waals surface area contributed by atoms with Gasteiger partial charge in [0.2, 0.25) is 0 Å². The molecular weight excluding hydrogens is 484 g/mol. The lowest BCUT2D eigenvalue weighted by Gasteiger charge is -2.22. The summed E-state index contributed by atoms with van der Waals surface area (Å²) in [4.78, 5) is 47.0. The van der Waals surface area contributed by atoms with Gasteiger partial charge >= 0.3 is 12.2 Å². The second kappa shape index (κ2) is 11.2. The van der Waals surface area contributed by atoms with Crippen molar-refractivity contribution < 1.29 is 28.9 Å². The van der Waals surface area contributed by atoms with Crippen LogP contribution in [-0.2, 0) is 11.3 Å². The van der Waals surface area contributed by atoms with E-state index in [2.05, 4.69) is 5.32 Å². The maximum atomic E-state index is 13.1. The highest BCUT2D eigenvalue weighted by Gasteiger charge is 2.22. The van der Waals surface area contributed by atoms with Crippen molar-refractivity contribution in [1.29, 1.82) is 0 Å². The minimum absolute atomic E-state index is 0.0701. The van der Waals surface area contributed by atoms with Gasteiger partial charge in [0.05, 0.1) is 21.2 Å². The van der Waals surface area contributed by atoms with E-state index in [4.69, 9.17) is 9.47 Å². The molecule has 3 aromatic rings. The van der Waals surface area contributed by atoms with Crippen LogP contribution in [0.25, 0.3) is 0 Å². The molecule has 0 aliphatic heterocycles. The quantitative estimate of drug-likeness (QED) is 0.307. The number of hydrogen-bond donors (Lipinski definition) is 1. The third-order valence-corrected chi connectivity index (χ3v) is 4.78. The van der Waals surface area contributed by atoms with E-state index < -0.39 is 27.6 Å². The fourth-order valence-corrected chi connectivity index (χ4v) is 3.12. The Bertz CT molecular complexity index is 1280. The molecule has 2 amide bonds. The van der Waals surface area contributed by atoms with Gasteiger partial charge in [0.25, 0.3) is 11.4 Å². The summed E-state index contributed by atoms with van der Waals surface area (Å²) in [5.74, 6) is 0.0701. The van der Waals surface area contributed by atoms with Crippen LogP contribution in [0.4, 0.5) is 32.3 Å². The van der Waals surface area contributed by atoms with Crippen LogP contribution in [0, 0.1) is 20.2 Å². The van der Waals surface area contributed by atoms with Crippen molar-refractivity contribution in [3.05, 3.63) is 98.6 Å². The van der Waals surface area contributed by atoms with E-state index in [1.807, 2.05) is 0 Å². The number of hydrogen-bond acceptors (Lipinski definition) is 8. The molecular formula is C25H24N4O8. The van der Waals surface area contributed by atoms with Gasteiger partial charge in [-0.05, 0) is 62.7 Å². The highest BCUT2D eigenvalue weighted by Crippen LogP contribution is 2.29. The van der Waals surface area contributed by atoms with Crippen molar-refractivity contribution in [3.8, 4) is 5.75 Å². The van der Waals surface area contributed by atoms with Crippen molar-refractivity contribution in [2.75, 3.05) is 4.90 Å². The molecule has 0 heterocycles. The molecule has 0 fully saturated rings. The second-order valence-corrected chi connectivity index (χ2v) is 8.75. The van der Waals surface area contributed by atoms with Gasteiger partial charge in [0, 0.05) is 30.8 Å². The Morgan fingerprint density at radius 1 is 0.811 bits per heavy atom. The summed E-state index contributed by atoms with van der Waals surface area (Å²) < 4.78 is 10.6. The molecule has 0 aliphatic rings. The van der Waals surface area contributed by atoms with Gasteiger partial charge in [-0.2, -0.15) is 0 Å². The zero-order valence-electron chi connectivity index (χ0n) is 20.2. The first-order valence-electron chi connectivity index (χ1n) is 11.0. The van der Waals surface area contributed by atoms with Crippen molar-refractivity contribution in [2.45, 2.75) is 32.9 Å². The summed E-state index contributed by atoms with van der Waals surface area (Å²) in [6.45, 7) is 5.44. The van der Waals surface area contributed by atoms with E-state index in [-0.39, 0.29) is 29.4 Å². The molecule has 0 spiro atoms. The van der Waals surface area contributed by atoms with E-state index >= 15 is 0 Å². The number of nitro groups is 2. The number of non-ortho nitro benzene ring substituents is 2. The third-order valence-electron chi connectivity index (χ3n) is 4.78. The normalized spacial score (nSPS) is 10.8. The topological polar surface area (TPSA) is 154 Å². The van der Waals surface area contributed by atoms with Crippen LogP contribution < -0.4 is 15.0 Å². The first-order valence-corrected chi connectivity index (χ1v) is 11.0. The first-order chi connectivity index (χ1) is 17.4. The molecule has 3 rings (SSSR count). The summed E-state index contributed by atoms with van der Waals surface area (Å²) in [5.41, 5.74) is 0.433. The van der Waals surface area contributed by atoms with Crippen molar-refractivity contribution in [1.82, 2.24) is 5.32 Å². The predicted molar refractivity (Wildman–Crippen MR) is 134 cm³/mol. The zero-order valence-corrected chi connectivity index (χ0v) is 20.2. The van der Waals surface area contributed by atoms with E-state index in [9.17, 15) is 29.8 Å². The highest BCUT2D eigenvalue weighted by atomic mass is 16.6. The average molecular weight is 508 g/mol. The van der Waals surface area contributed by atoms with Gasteiger partial charge in [-0.3, -0.25) is 20.2 Å². The lowest BCUT2D eigenvalue weighted by Crippen LogP contribution is -2.32. The molecule has 0 saturated carbocycles. The Morgan fingerprint density at radius 2 is 1.27 bits per heavy atom. The molecule has 12 heteroatoms. The maximum absolute atomic E-state index is 13.1. The number of carbonyl (C=O) groups excluding carboxylic acids is 2.